The third-order valence-electron chi connectivity index (χ3n) is 4.12. The van der Waals surface area contributed by atoms with Gasteiger partial charge in [0.25, 0.3) is 15.7 Å². The van der Waals surface area contributed by atoms with Gasteiger partial charge in [-0.15, -0.1) is 0 Å². The van der Waals surface area contributed by atoms with Crippen LogP contribution >= 0.6 is 0 Å². The van der Waals surface area contributed by atoms with E-state index >= 15 is 0 Å². The van der Waals surface area contributed by atoms with E-state index in [-0.39, 0.29) is 11.7 Å². The fourth-order valence-electron chi connectivity index (χ4n) is 2.68. The van der Waals surface area contributed by atoms with Crippen molar-refractivity contribution >= 4 is 33.1 Å². The number of nitro benzene ring substituents is 1. The summed E-state index contributed by atoms with van der Waals surface area (Å²) < 4.78 is 27.5. The zero-order chi connectivity index (χ0) is 21.6. The van der Waals surface area contributed by atoms with Crippen LogP contribution in [-0.4, -0.2) is 25.4 Å². The van der Waals surface area contributed by atoms with Gasteiger partial charge in [0.05, 0.1) is 10.6 Å². The van der Waals surface area contributed by atoms with Crippen molar-refractivity contribution in [1.29, 1.82) is 0 Å². The van der Waals surface area contributed by atoms with Gasteiger partial charge < -0.3 is 10.6 Å². The molecule has 0 spiro atoms. The molecule has 0 aromatic heterocycles. The molecule has 1 unspecified atom stereocenters. The Morgan fingerprint density at radius 1 is 1.17 bits per heavy atom. The van der Waals surface area contributed by atoms with Crippen LogP contribution in [0, 0.1) is 17.0 Å². The van der Waals surface area contributed by atoms with Gasteiger partial charge in [-0.05, 0) is 38.5 Å². The van der Waals surface area contributed by atoms with E-state index in [0.29, 0.717) is 12.1 Å². The number of anilines is 2. The molecule has 9 nitrogen and oxygen atoms in total. The minimum atomic E-state index is -4.36. The van der Waals surface area contributed by atoms with Crippen LogP contribution in [0.25, 0.3) is 0 Å². The summed E-state index contributed by atoms with van der Waals surface area (Å²) in [5.74, 6) is 0. The number of urea groups is 1. The second-order valence-corrected chi connectivity index (χ2v) is 8.35. The van der Waals surface area contributed by atoms with Crippen LogP contribution < -0.4 is 15.4 Å². The van der Waals surface area contributed by atoms with Gasteiger partial charge in [-0.3, -0.25) is 10.1 Å². The first-order valence-electron chi connectivity index (χ1n) is 9.08. The molecule has 0 bridgehead atoms. The van der Waals surface area contributed by atoms with Crippen molar-refractivity contribution in [2.24, 2.45) is 0 Å². The molecule has 2 rings (SSSR count). The minimum absolute atomic E-state index is 0.112. The molecule has 3 N–H and O–H groups in total. The Hall–Kier alpha value is -3.14. The van der Waals surface area contributed by atoms with Crippen LogP contribution in [0.4, 0.5) is 21.9 Å². The number of hydrogen-bond acceptors (Lipinski definition) is 6. The van der Waals surface area contributed by atoms with Crippen molar-refractivity contribution in [2.75, 3.05) is 5.32 Å². The van der Waals surface area contributed by atoms with Crippen LogP contribution in [0.15, 0.2) is 47.4 Å². The molecule has 156 valence electrons. The maximum Gasteiger partial charge on any atom is 0.328 e. The highest BCUT2D eigenvalue weighted by molar-refractivity contribution is 7.90. The fraction of sp³-hybridized carbons (Fsp3) is 0.316. The lowest BCUT2D eigenvalue weighted by atomic mass is 10.2. The summed E-state index contributed by atoms with van der Waals surface area (Å²) in [4.78, 5) is 22.1. The predicted octanol–water partition coefficient (Wildman–Crippen LogP) is 3.82. The van der Waals surface area contributed by atoms with E-state index in [9.17, 15) is 23.3 Å². The average Bonchev–Trinajstić information content (AvgIpc) is 2.63. The lowest BCUT2D eigenvalue weighted by molar-refractivity contribution is -0.385. The molecule has 0 saturated carbocycles. The van der Waals surface area contributed by atoms with Gasteiger partial charge in [-0.2, -0.15) is 0 Å². The van der Waals surface area contributed by atoms with Crippen LogP contribution in [0.5, 0.6) is 0 Å². The molecule has 29 heavy (non-hydrogen) atoms. The maximum atomic E-state index is 12.8. The summed E-state index contributed by atoms with van der Waals surface area (Å²) in [5.41, 5.74) is 1.33. The van der Waals surface area contributed by atoms with E-state index in [0.717, 1.165) is 18.1 Å². The molecular weight excluding hydrogens is 396 g/mol. The normalized spacial score (nSPS) is 12.1. The third-order valence-corrected chi connectivity index (χ3v) is 5.49. The van der Waals surface area contributed by atoms with Gasteiger partial charge >= 0.3 is 6.03 Å². The van der Waals surface area contributed by atoms with Crippen LogP contribution in [0.2, 0.25) is 0 Å². The van der Waals surface area contributed by atoms with Crippen molar-refractivity contribution in [3.63, 3.8) is 0 Å². The number of hydrogen-bond donors (Lipinski definition) is 3. The van der Waals surface area contributed by atoms with Crippen molar-refractivity contribution in [2.45, 2.75) is 44.6 Å². The Kier molecular flexibility index (Phi) is 7.16. The van der Waals surface area contributed by atoms with E-state index in [4.69, 9.17) is 0 Å². The number of benzene rings is 2. The topological polar surface area (TPSA) is 130 Å². The molecule has 0 radical (unpaired) electrons. The SMILES string of the molecule is CCCC(C)NC(=O)NS(=O)(=O)c1cc([N+](=O)[O-])ccc1Nc1ccc(C)cc1. The minimum Gasteiger partial charge on any atom is -0.354 e. The second kappa shape index (κ2) is 9.37. The third kappa shape index (κ3) is 6.18. The number of nitrogens with zero attached hydrogens (tertiary/aromatic N) is 1. The Labute approximate surface area is 169 Å². The number of nitrogens with one attached hydrogen (secondary N) is 3. The van der Waals surface area contributed by atoms with E-state index in [1.807, 2.05) is 30.7 Å². The number of rotatable bonds is 8. The highest BCUT2D eigenvalue weighted by atomic mass is 32.2. The van der Waals surface area contributed by atoms with Crippen molar-refractivity contribution < 1.29 is 18.1 Å². The largest absolute Gasteiger partial charge is 0.354 e. The molecule has 10 heteroatoms. The molecule has 0 aliphatic heterocycles. The van der Waals surface area contributed by atoms with Crippen LogP contribution in [-0.2, 0) is 10.0 Å². The van der Waals surface area contributed by atoms with Gasteiger partial charge in [0.2, 0.25) is 0 Å². The Balaban J connectivity index is 2.36. The number of sulfonamides is 1. The first kappa shape index (κ1) is 22.2. The Bertz CT molecular complexity index is 990. The Morgan fingerprint density at radius 2 is 1.83 bits per heavy atom. The van der Waals surface area contributed by atoms with Gasteiger partial charge in [-0.1, -0.05) is 31.0 Å². The smallest absolute Gasteiger partial charge is 0.328 e. The van der Waals surface area contributed by atoms with Crippen molar-refractivity contribution in [3.8, 4) is 0 Å². The van der Waals surface area contributed by atoms with Gasteiger partial charge in [0.1, 0.15) is 4.90 Å². The van der Waals surface area contributed by atoms with Crippen molar-refractivity contribution in [3.05, 3.63) is 58.1 Å². The van der Waals surface area contributed by atoms with Gasteiger partial charge in [-0.25, -0.2) is 17.9 Å². The summed E-state index contributed by atoms with van der Waals surface area (Å²) in [7, 11) is -4.36. The quantitative estimate of drug-likeness (QED) is 0.439. The molecule has 2 aromatic rings. The summed E-state index contributed by atoms with van der Waals surface area (Å²) in [6.07, 6.45) is 1.51. The highest BCUT2D eigenvalue weighted by Crippen LogP contribution is 2.29. The number of carbonyl (C=O) groups excluding carboxylic acids is 1. The van der Waals surface area contributed by atoms with E-state index in [1.165, 1.54) is 12.1 Å². The molecule has 0 aliphatic rings. The second-order valence-electron chi connectivity index (χ2n) is 6.70. The zero-order valence-electron chi connectivity index (χ0n) is 16.4. The highest BCUT2D eigenvalue weighted by Gasteiger charge is 2.25. The average molecular weight is 420 g/mol. The van der Waals surface area contributed by atoms with Crippen molar-refractivity contribution in [1.82, 2.24) is 10.0 Å². The molecule has 2 amide bonds. The maximum absolute atomic E-state index is 12.8. The fourth-order valence-corrected chi connectivity index (χ4v) is 3.78. The molecule has 1 atom stereocenters. The molecular formula is C19H24N4O5S. The van der Waals surface area contributed by atoms with E-state index in [1.54, 1.807) is 19.1 Å². The molecule has 0 aliphatic carbocycles. The number of amides is 2. The zero-order valence-corrected chi connectivity index (χ0v) is 17.2. The van der Waals surface area contributed by atoms with Gasteiger partial charge in [0.15, 0.2) is 0 Å². The Morgan fingerprint density at radius 3 is 2.41 bits per heavy atom. The molecule has 0 fully saturated rings. The molecule has 0 saturated heterocycles. The summed E-state index contributed by atoms with van der Waals surface area (Å²) in [5, 5.41) is 16.6. The molecule has 0 heterocycles. The standard InChI is InChI=1S/C19H24N4O5S/c1-4-5-14(3)20-19(24)22-29(27,28)18-12-16(23(25)26)10-11-17(18)21-15-8-6-13(2)7-9-15/h6-12,14,21H,4-5H2,1-3H3,(H2,20,22,24). The summed E-state index contributed by atoms with van der Waals surface area (Å²) >= 11 is 0. The monoisotopic (exact) mass is 420 g/mol. The molecule has 2 aromatic carbocycles. The van der Waals surface area contributed by atoms with E-state index < -0.39 is 31.6 Å². The number of nitro groups is 1. The number of aryl methyl sites for hydroxylation is 1. The van der Waals surface area contributed by atoms with Gasteiger partial charge in [0, 0.05) is 23.9 Å². The predicted molar refractivity (Wildman–Crippen MR) is 111 cm³/mol. The summed E-state index contributed by atoms with van der Waals surface area (Å²) in [6, 6.07) is 9.47. The lowest BCUT2D eigenvalue weighted by Gasteiger charge is -2.16. The first-order valence-corrected chi connectivity index (χ1v) is 10.6. The van der Waals surface area contributed by atoms with E-state index in [2.05, 4.69) is 10.6 Å². The number of carbonyl (C=O) groups is 1. The number of non-ortho nitro benzene ring substituents is 1. The van der Waals surface area contributed by atoms with Crippen LogP contribution in [0.3, 0.4) is 0 Å². The lowest BCUT2D eigenvalue weighted by Crippen LogP contribution is -2.43. The van der Waals surface area contributed by atoms with Crippen LogP contribution in [0.1, 0.15) is 32.3 Å². The summed E-state index contributed by atoms with van der Waals surface area (Å²) in [6.45, 7) is 5.61. The first-order chi connectivity index (χ1) is 13.6.